The van der Waals surface area contributed by atoms with Crippen LogP contribution < -0.4 is 11.1 Å². The number of carbonyl (C=O) groups is 1. The largest absolute Gasteiger partial charge is 0.381 e. The number of nitrogens with two attached hydrogens (primary N) is 1. The number of amides is 1. The van der Waals surface area contributed by atoms with Crippen LogP contribution in [0.15, 0.2) is 0 Å². The molecule has 118 valence electrons. The fraction of sp³-hybridized carbons (Fsp3) is 0.938. The number of nitrogens with one attached hydrogen (secondary N) is 1. The molecule has 4 heteroatoms. The number of rotatable bonds is 10. The SMILES string of the molecule is CCCCCCCCCC(=O)NC1(CN)CCOCC1. The molecule has 0 saturated carbocycles. The van der Waals surface area contributed by atoms with Gasteiger partial charge in [-0.3, -0.25) is 4.79 Å². The molecule has 0 aromatic heterocycles. The van der Waals surface area contributed by atoms with Crippen molar-refractivity contribution >= 4 is 5.91 Å². The van der Waals surface area contributed by atoms with E-state index >= 15 is 0 Å². The van der Waals surface area contributed by atoms with Crippen molar-refractivity contribution in [2.75, 3.05) is 19.8 Å². The van der Waals surface area contributed by atoms with Crippen LogP contribution >= 0.6 is 0 Å². The Labute approximate surface area is 123 Å². The molecule has 1 fully saturated rings. The zero-order valence-corrected chi connectivity index (χ0v) is 13.1. The molecule has 3 N–H and O–H groups in total. The van der Waals surface area contributed by atoms with Crippen molar-refractivity contribution in [3.63, 3.8) is 0 Å². The standard InChI is InChI=1S/C16H32N2O2/c1-2-3-4-5-6-7-8-9-15(19)18-16(14-17)10-12-20-13-11-16/h2-14,17H2,1H3,(H,18,19). The van der Waals surface area contributed by atoms with Crippen LogP contribution in [0.2, 0.25) is 0 Å². The van der Waals surface area contributed by atoms with Crippen LogP contribution in [0.4, 0.5) is 0 Å². The number of unbranched alkanes of at least 4 members (excludes halogenated alkanes) is 6. The molecule has 0 radical (unpaired) electrons. The normalized spacial score (nSPS) is 17.9. The first kappa shape index (κ1) is 17.4. The Morgan fingerprint density at radius 1 is 1.10 bits per heavy atom. The molecule has 4 nitrogen and oxygen atoms in total. The van der Waals surface area contributed by atoms with Gasteiger partial charge >= 0.3 is 0 Å². The third kappa shape index (κ3) is 6.71. The van der Waals surface area contributed by atoms with Crippen LogP contribution in [0.5, 0.6) is 0 Å². The molecule has 1 heterocycles. The van der Waals surface area contributed by atoms with Gasteiger partial charge in [0.25, 0.3) is 0 Å². The topological polar surface area (TPSA) is 64.4 Å². The highest BCUT2D eigenvalue weighted by Gasteiger charge is 2.32. The number of hydrogen-bond acceptors (Lipinski definition) is 3. The average Bonchev–Trinajstić information content (AvgIpc) is 2.47. The van der Waals surface area contributed by atoms with Gasteiger partial charge in [-0.15, -0.1) is 0 Å². The Bertz CT molecular complexity index is 263. The molecular formula is C16H32N2O2. The van der Waals surface area contributed by atoms with Crippen LogP contribution in [0.1, 0.15) is 71.1 Å². The Morgan fingerprint density at radius 2 is 1.70 bits per heavy atom. The van der Waals surface area contributed by atoms with E-state index in [0.29, 0.717) is 26.2 Å². The summed E-state index contributed by atoms with van der Waals surface area (Å²) in [5.74, 6) is 0.158. The van der Waals surface area contributed by atoms with Gasteiger partial charge in [0.1, 0.15) is 0 Å². The Morgan fingerprint density at radius 3 is 2.30 bits per heavy atom. The smallest absolute Gasteiger partial charge is 0.220 e. The third-order valence-electron chi connectivity index (χ3n) is 4.25. The molecule has 1 aliphatic heterocycles. The van der Waals surface area contributed by atoms with Gasteiger partial charge in [-0.2, -0.15) is 0 Å². The summed E-state index contributed by atoms with van der Waals surface area (Å²) in [6.45, 7) is 4.15. The summed E-state index contributed by atoms with van der Waals surface area (Å²) in [6.07, 6.45) is 11.0. The van der Waals surface area contributed by atoms with Crippen molar-refractivity contribution in [3.8, 4) is 0 Å². The van der Waals surface area contributed by atoms with E-state index in [9.17, 15) is 4.79 Å². The Hall–Kier alpha value is -0.610. The fourth-order valence-electron chi connectivity index (χ4n) is 2.74. The van der Waals surface area contributed by atoms with E-state index in [-0.39, 0.29) is 11.4 Å². The van der Waals surface area contributed by atoms with Gasteiger partial charge in [0.15, 0.2) is 0 Å². The summed E-state index contributed by atoms with van der Waals surface area (Å²) in [5, 5.41) is 3.15. The van der Waals surface area contributed by atoms with Gasteiger partial charge in [-0.25, -0.2) is 0 Å². The second kappa shape index (κ2) is 10.2. The number of ether oxygens (including phenoxy) is 1. The van der Waals surface area contributed by atoms with Crippen LogP contribution in [-0.4, -0.2) is 31.2 Å². The minimum Gasteiger partial charge on any atom is -0.381 e. The highest BCUT2D eigenvalue weighted by atomic mass is 16.5. The minimum absolute atomic E-state index is 0.158. The van der Waals surface area contributed by atoms with Gasteiger partial charge in [-0.1, -0.05) is 45.4 Å². The van der Waals surface area contributed by atoms with Crippen molar-refractivity contribution in [2.24, 2.45) is 5.73 Å². The quantitative estimate of drug-likeness (QED) is 0.606. The van der Waals surface area contributed by atoms with Crippen molar-refractivity contribution in [1.82, 2.24) is 5.32 Å². The van der Waals surface area contributed by atoms with E-state index in [4.69, 9.17) is 10.5 Å². The Balaban J connectivity index is 2.10. The van der Waals surface area contributed by atoms with Gasteiger partial charge in [0, 0.05) is 26.2 Å². The summed E-state index contributed by atoms with van der Waals surface area (Å²) < 4.78 is 5.35. The molecule has 0 aliphatic carbocycles. The highest BCUT2D eigenvalue weighted by Crippen LogP contribution is 2.19. The van der Waals surface area contributed by atoms with Crippen LogP contribution in [-0.2, 0) is 9.53 Å². The lowest BCUT2D eigenvalue weighted by Crippen LogP contribution is -2.56. The third-order valence-corrected chi connectivity index (χ3v) is 4.25. The molecule has 20 heavy (non-hydrogen) atoms. The lowest BCUT2D eigenvalue weighted by atomic mass is 9.90. The lowest BCUT2D eigenvalue weighted by Gasteiger charge is -2.37. The molecule has 0 unspecified atom stereocenters. The first-order valence-corrected chi connectivity index (χ1v) is 8.31. The summed E-state index contributed by atoms with van der Waals surface area (Å²) >= 11 is 0. The van der Waals surface area contributed by atoms with E-state index < -0.39 is 0 Å². The monoisotopic (exact) mass is 284 g/mol. The summed E-state index contributed by atoms with van der Waals surface area (Å²) in [6, 6.07) is 0. The van der Waals surface area contributed by atoms with Crippen LogP contribution in [0.3, 0.4) is 0 Å². The molecule has 0 bridgehead atoms. The first-order valence-electron chi connectivity index (χ1n) is 8.31. The first-order chi connectivity index (χ1) is 9.72. The minimum atomic E-state index is -0.212. The van der Waals surface area contributed by atoms with E-state index in [2.05, 4.69) is 12.2 Å². The maximum Gasteiger partial charge on any atom is 0.220 e. The zero-order valence-electron chi connectivity index (χ0n) is 13.1. The van der Waals surface area contributed by atoms with Gasteiger partial charge in [-0.05, 0) is 19.3 Å². The van der Waals surface area contributed by atoms with E-state index in [1.165, 1.54) is 32.1 Å². The maximum atomic E-state index is 12.0. The predicted molar refractivity (Wildman–Crippen MR) is 82.6 cm³/mol. The molecule has 1 amide bonds. The molecule has 0 atom stereocenters. The molecular weight excluding hydrogens is 252 g/mol. The van der Waals surface area contributed by atoms with Gasteiger partial charge < -0.3 is 15.8 Å². The fourth-order valence-corrected chi connectivity index (χ4v) is 2.74. The van der Waals surface area contributed by atoms with Gasteiger partial charge in [0.05, 0.1) is 5.54 Å². The number of carbonyl (C=O) groups excluding carboxylic acids is 1. The highest BCUT2D eigenvalue weighted by molar-refractivity contribution is 5.76. The molecule has 1 rings (SSSR count). The maximum absolute atomic E-state index is 12.0. The average molecular weight is 284 g/mol. The van der Waals surface area contributed by atoms with E-state index in [1.54, 1.807) is 0 Å². The van der Waals surface area contributed by atoms with Crippen molar-refractivity contribution < 1.29 is 9.53 Å². The summed E-state index contributed by atoms with van der Waals surface area (Å²) in [7, 11) is 0. The second-order valence-electron chi connectivity index (χ2n) is 6.02. The van der Waals surface area contributed by atoms with Crippen LogP contribution in [0, 0.1) is 0 Å². The number of hydrogen-bond donors (Lipinski definition) is 2. The second-order valence-corrected chi connectivity index (χ2v) is 6.02. The van der Waals surface area contributed by atoms with Crippen molar-refractivity contribution in [2.45, 2.75) is 76.7 Å². The molecule has 0 aromatic rings. The summed E-state index contributed by atoms with van der Waals surface area (Å²) in [4.78, 5) is 12.0. The molecule has 1 saturated heterocycles. The summed E-state index contributed by atoms with van der Waals surface area (Å²) in [5.41, 5.74) is 5.63. The zero-order chi connectivity index (χ0) is 14.7. The molecule has 1 aliphatic rings. The predicted octanol–water partition coefficient (Wildman–Crippen LogP) is 2.75. The Kier molecular flexibility index (Phi) is 8.86. The molecule has 0 spiro atoms. The van der Waals surface area contributed by atoms with Crippen molar-refractivity contribution in [1.29, 1.82) is 0 Å². The lowest BCUT2D eigenvalue weighted by molar-refractivity contribution is -0.124. The van der Waals surface area contributed by atoms with Gasteiger partial charge in [0.2, 0.25) is 5.91 Å². The van der Waals surface area contributed by atoms with Crippen molar-refractivity contribution in [3.05, 3.63) is 0 Å². The van der Waals surface area contributed by atoms with E-state index in [0.717, 1.165) is 25.7 Å². The molecule has 0 aromatic carbocycles. The van der Waals surface area contributed by atoms with Crippen LogP contribution in [0.25, 0.3) is 0 Å². The van der Waals surface area contributed by atoms with E-state index in [1.807, 2.05) is 0 Å².